The summed E-state index contributed by atoms with van der Waals surface area (Å²) in [6.45, 7) is 4.86. The largest absolute Gasteiger partial charge is 0.355 e. The Morgan fingerprint density at radius 2 is 1.50 bits per heavy atom. The number of rotatable bonds is 9. The first-order valence-electron chi connectivity index (χ1n) is 9.30. The van der Waals surface area contributed by atoms with E-state index >= 15 is 0 Å². The fourth-order valence-electron chi connectivity index (χ4n) is 2.98. The van der Waals surface area contributed by atoms with Crippen LogP contribution in [-0.2, 0) is 22.6 Å². The Hall–Kier alpha value is -2.62. The highest BCUT2D eigenvalue weighted by atomic mass is 16.2. The molecule has 2 rings (SSSR count). The summed E-state index contributed by atoms with van der Waals surface area (Å²) in [4.78, 5) is 27.3. The minimum atomic E-state index is -0.517. The van der Waals surface area contributed by atoms with Crippen molar-refractivity contribution >= 4 is 11.8 Å². The molecule has 2 aromatic carbocycles. The molecule has 0 saturated carbocycles. The lowest BCUT2D eigenvalue weighted by atomic mass is 10.0. The smallest absolute Gasteiger partial charge is 0.243 e. The van der Waals surface area contributed by atoms with Gasteiger partial charge in [-0.15, -0.1) is 0 Å². The predicted octanol–water partition coefficient (Wildman–Crippen LogP) is 3.56. The van der Waals surface area contributed by atoms with Gasteiger partial charge in [0.25, 0.3) is 0 Å². The van der Waals surface area contributed by atoms with Gasteiger partial charge >= 0.3 is 0 Å². The van der Waals surface area contributed by atoms with Crippen molar-refractivity contribution in [3.63, 3.8) is 0 Å². The number of amides is 2. The van der Waals surface area contributed by atoms with E-state index in [1.54, 1.807) is 4.90 Å². The van der Waals surface area contributed by atoms with Crippen LogP contribution >= 0.6 is 0 Å². The van der Waals surface area contributed by atoms with Gasteiger partial charge in [0.1, 0.15) is 6.04 Å². The Balaban J connectivity index is 2.31. The van der Waals surface area contributed by atoms with E-state index in [2.05, 4.69) is 5.32 Å². The van der Waals surface area contributed by atoms with Crippen LogP contribution in [0.3, 0.4) is 0 Å². The molecule has 4 nitrogen and oxygen atoms in total. The van der Waals surface area contributed by atoms with Gasteiger partial charge in [0.2, 0.25) is 11.8 Å². The molecule has 0 aromatic heterocycles. The number of likely N-dealkylation sites (N-methyl/N-ethyl adjacent to an activating group) is 1. The van der Waals surface area contributed by atoms with E-state index in [0.29, 0.717) is 25.9 Å². The van der Waals surface area contributed by atoms with Crippen molar-refractivity contribution in [2.45, 2.75) is 45.7 Å². The number of hydrogen-bond donors (Lipinski definition) is 1. The fraction of sp³-hybridized carbons (Fsp3) is 0.364. The average molecular weight is 352 g/mol. The Labute approximate surface area is 156 Å². The summed E-state index contributed by atoms with van der Waals surface area (Å²) >= 11 is 0. The molecule has 0 spiro atoms. The molecule has 0 aliphatic rings. The van der Waals surface area contributed by atoms with Crippen molar-refractivity contribution in [1.82, 2.24) is 10.2 Å². The molecule has 0 bridgehead atoms. The minimum absolute atomic E-state index is 0.0172. The van der Waals surface area contributed by atoms with Crippen molar-refractivity contribution in [2.75, 3.05) is 6.54 Å². The molecular weight excluding hydrogens is 324 g/mol. The summed E-state index contributed by atoms with van der Waals surface area (Å²) < 4.78 is 0. The molecule has 0 radical (unpaired) electrons. The van der Waals surface area contributed by atoms with Gasteiger partial charge < -0.3 is 10.2 Å². The van der Waals surface area contributed by atoms with E-state index in [4.69, 9.17) is 0 Å². The van der Waals surface area contributed by atoms with Crippen molar-refractivity contribution in [2.24, 2.45) is 0 Å². The van der Waals surface area contributed by atoms with Gasteiger partial charge in [0, 0.05) is 25.9 Å². The molecule has 2 amide bonds. The zero-order chi connectivity index (χ0) is 18.8. The van der Waals surface area contributed by atoms with Crippen LogP contribution in [0.2, 0.25) is 0 Å². The standard InChI is InChI=1S/C22H28N2O2/c1-3-11-21(25)24(17-19-14-9-6-10-15-19)20(22(26)23-4-2)16-18-12-7-5-8-13-18/h5-10,12-15,20H,3-4,11,16-17H2,1-2H3,(H,23,26)/t20-/m0/s1. The molecule has 0 heterocycles. The monoisotopic (exact) mass is 352 g/mol. The summed E-state index contributed by atoms with van der Waals surface area (Å²) in [6.07, 6.45) is 1.71. The maximum absolute atomic E-state index is 12.8. The number of carbonyl (C=O) groups is 2. The number of nitrogens with one attached hydrogen (secondary N) is 1. The lowest BCUT2D eigenvalue weighted by molar-refractivity contribution is -0.141. The maximum Gasteiger partial charge on any atom is 0.243 e. The van der Waals surface area contributed by atoms with Crippen molar-refractivity contribution < 1.29 is 9.59 Å². The Morgan fingerprint density at radius 1 is 0.923 bits per heavy atom. The van der Waals surface area contributed by atoms with Crippen LogP contribution in [0.4, 0.5) is 0 Å². The van der Waals surface area contributed by atoms with E-state index < -0.39 is 6.04 Å². The third kappa shape index (κ3) is 5.73. The Bertz CT molecular complexity index is 624. The molecule has 2 aromatic rings. The third-order valence-electron chi connectivity index (χ3n) is 4.28. The summed E-state index contributed by atoms with van der Waals surface area (Å²) in [5, 5.41) is 2.90. The van der Waals surface area contributed by atoms with Crippen LogP contribution in [0, 0.1) is 0 Å². The van der Waals surface area contributed by atoms with Crippen molar-refractivity contribution in [3.8, 4) is 0 Å². The maximum atomic E-state index is 12.8. The molecule has 0 aliphatic carbocycles. The molecule has 138 valence electrons. The zero-order valence-electron chi connectivity index (χ0n) is 15.7. The molecule has 0 saturated heterocycles. The van der Waals surface area contributed by atoms with Gasteiger partial charge in [-0.05, 0) is 24.5 Å². The van der Waals surface area contributed by atoms with E-state index in [1.807, 2.05) is 74.5 Å². The van der Waals surface area contributed by atoms with Crippen LogP contribution in [0.5, 0.6) is 0 Å². The highest BCUT2D eigenvalue weighted by molar-refractivity contribution is 5.88. The van der Waals surface area contributed by atoms with Gasteiger partial charge in [0.15, 0.2) is 0 Å². The van der Waals surface area contributed by atoms with Crippen LogP contribution in [0.15, 0.2) is 60.7 Å². The Morgan fingerprint density at radius 3 is 2.04 bits per heavy atom. The van der Waals surface area contributed by atoms with Crippen LogP contribution in [0.1, 0.15) is 37.8 Å². The quantitative estimate of drug-likeness (QED) is 0.750. The molecule has 0 unspecified atom stereocenters. The summed E-state index contributed by atoms with van der Waals surface area (Å²) in [5.41, 5.74) is 2.07. The molecule has 0 aliphatic heterocycles. The predicted molar refractivity (Wildman–Crippen MR) is 105 cm³/mol. The first-order valence-corrected chi connectivity index (χ1v) is 9.30. The summed E-state index contributed by atoms with van der Waals surface area (Å²) in [6, 6.07) is 19.2. The summed E-state index contributed by atoms with van der Waals surface area (Å²) in [5.74, 6) is -0.0831. The van der Waals surface area contributed by atoms with Gasteiger partial charge in [0.05, 0.1) is 0 Å². The number of hydrogen-bond acceptors (Lipinski definition) is 2. The number of benzene rings is 2. The lowest BCUT2D eigenvalue weighted by Crippen LogP contribution is -2.50. The Kier molecular flexibility index (Phi) is 7.87. The molecule has 0 fully saturated rings. The molecular formula is C22H28N2O2. The second kappa shape index (κ2) is 10.4. The number of nitrogens with zero attached hydrogens (tertiary/aromatic N) is 1. The fourth-order valence-corrected chi connectivity index (χ4v) is 2.98. The average Bonchev–Trinajstić information content (AvgIpc) is 2.66. The SMILES string of the molecule is CCCC(=O)N(Cc1ccccc1)[C@@H](Cc1ccccc1)C(=O)NCC. The van der Waals surface area contributed by atoms with E-state index in [9.17, 15) is 9.59 Å². The first kappa shape index (κ1) is 19.7. The number of carbonyl (C=O) groups excluding carboxylic acids is 2. The lowest BCUT2D eigenvalue weighted by Gasteiger charge is -2.31. The minimum Gasteiger partial charge on any atom is -0.355 e. The van der Waals surface area contributed by atoms with E-state index in [1.165, 1.54) is 0 Å². The third-order valence-corrected chi connectivity index (χ3v) is 4.28. The van der Waals surface area contributed by atoms with Crippen molar-refractivity contribution in [1.29, 1.82) is 0 Å². The molecule has 1 N–H and O–H groups in total. The normalized spacial score (nSPS) is 11.6. The topological polar surface area (TPSA) is 49.4 Å². The second-order valence-electron chi connectivity index (χ2n) is 6.36. The molecule has 4 heteroatoms. The van der Waals surface area contributed by atoms with E-state index in [-0.39, 0.29) is 11.8 Å². The highest BCUT2D eigenvalue weighted by Gasteiger charge is 2.29. The highest BCUT2D eigenvalue weighted by Crippen LogP contribution is 2.16. The van der Waals surface area contributed by atoms with Crippen LogP contribution in [-0.4, -0.2) is 29.3 Å². The van der Waals surface area contributed by atoms with Gasteiger partial charge in [-0.1, -0.05) is 67.6 Å². The zero-order valence-corrected chi connectivity index (χ0v) is 15.7. The summed E-state index contributed by atoms with van der Waals surface area (Å²) in [7, 11) is 0. The van der Waals surface area contributed by atoms with Gasteiger partial charge in [-0.2, -0.15) is 0 Å². The molecule has 1 atom stereocenters. The van der Waals surface area contributed by atoms with Crippen LogP contribution in [0.25, 0.3) is 0 Å². The van der Waals surface area contributed by atoms with E-state index in [0.717, 1.165) is 17.5 Å². The second-order valence-corrected chi connectivity index (χ2v) is 6.36. The van der Waals surface area contributed by atoms with Crippen LogP contribution < -0.4 is 5.32 Å². The first-order chi connectivity index (χ1) is 12.7. The molecule has 26 heavy (non-hydrogen) atoms. The van der Waals surface area contributed by atoms with Gasteiger partial charge in [-0.3, -0.25) is 9.59 Å². The van der Waals surface area contributed by atoms with Crippen molar-refractivity contribution in [3.05, 3.63) is 71.8 Å². The van der Waals surface area contributed by atoms with Gasteiger partial charge in [-0.25, -0.2) is 0 Å².